The van der Waals surface area contributed by atoms with Crippen LogP contribution >= 0.6 is 0 Å². The summed E-state index contributed by atoms with van der Waals surface area (Å²) in [6.07, 6.45) is 3.33. The van der Waals surface area contributed by atoms with Crippen molar-refractivity contribution in [1.29, 1.82) is 0 Å². The van der Waals surface area contributed by atoms with Crippen LogP contribution in [0.5, 0.6) is 0 Å². The Labute approximate surface area is 204 Å². The van der Waals surface area contributed by atoms with E-state index in [0.29, 0.717) is 13.0 Å². The van der Waals surface area contributed by atoms with E-state index in [1.165, 1.54) is 16.8 Å². The summed E-state index contributed by atoms with van der Waals surface area (Å²) in [6.45, 7) is 6.54. The van der Waals surface area contributed by atoms with E-state index in [1.807, 2.05) is 6.07 Å². The molecule has 0 amide bonds. The molecule has 34 heavy (non-hydrogen) atoms. The Morgan fingerprint density at radius 1 is 0.941 bits per heavy atom. The first-order chi connectivity index (χ1) is 16.3. The normalized spacial score (nSPS) is 34.0. The molecule has 0 unspecified atom stereocenters. The van der Waals surface area contributed by atoms with Gasteiger partial charge in [-0.1, -0.05) is 55.0 Å². The second-order valence-corrected chi connectivity index (χ2v) is 11.3. The highest BCUT2D eigenvalue weighted by molar-refractivity contribution is 5.48. The van der Waals surface area contributed by atoms with Gasteiger partial charge in [-0.3, -0.25) is 4.90 Å². The molecule has 2 saturated heterocycles. The molecule has 0 spiro atoms. The molecule has 2 aromatic carbocycles. The Balaban J connectivity index is 1.38. The van der Waals surface area contributed by atoms with Crippen molar-refractivity contribution in [2.24, 2.45) is 5.41 Å². The topological polar surface area (TPSA) is 67.2 Å². The van der Waals surface area contributed by atoms with E-state index in [2.05, 4.69) is 72.2 Å². The molecule has 0 bridgehead atoms. The maximum absolute atomic E-state index is 11.8. The number of hydrogen-bond donors (Lipinski definition) is 3. The molecular formula is C29H40N2O3. The first kappa shape index (κ1) is 23.8. The molecule has 5 nitrogen and oxygen atoms in total. The molecule has 5 rings (SSSR count). The van der Waals surface area contributed by atoms with Crippen LogP contribution in [0.2, 0.25) is 0 Å². The van der Waals surface area contributed by atoms with Crippen LogP contribution in [0.3, 0.4) is 0 Å². The van der Waals surface area contributed by atoms with Crippen molar-refractivity contribution in [2.45, 2.75) is 82.3 Å². The largest absolute Gasteiger partial charge is 0.390 e. The standard InChI is InChI=1S/C29H40N2O3/c1-21-11-13-23(14-12-21)30-17-15-29(34,16-18-30)20-31-24(22-7-4-3-5-8-22)19-28(2)26(31)10-6-9-25(32)27(28)33/h3-5,7-8,11-14,24-27,32-34H,6,9-10,15-20H2,1-2H3/t24-,25-,26-,27+,28-/m1/s1. The summed E-state index contributed by atoms with van der Waals surface area (Å²) in [5.74, 6) is 0. The summed E-state index contributed by atoms with van der Waals surface area (Å²) in [6, 6.07) is 19.4. The predicted octanol–water partition coefficient (Wildman–Crippen LogP) is 4.05. The van der Waals surface area contributed by atoms with Crippen LogP contribution in [0.25, 0.3) is 0 Å². The van der Waals surface area contributed by atoms with Crippen LogP contribution in [-0.4, -0.2) is 63.7 Å². The molecule has 2 aliphatic heterocycles. The van der Waals surface area contributed by atoms with E-state index in [9.17, 15) is 15.3 Å². The second-order valence-electron chi connectivity index (χ2n) is 11.3. The molecule has 0 radical (unpaired) electrons. The zero-order chi connectivity index (χ0) is 23.9. The number of piperidine rings is 1. The van der Waals surface area contributed by atoms with Gasteiger partial charge in [-0.15, -0.1) is 0 Å². The minimum Gasteiger partial charge on any atom is -0.390 e. The maximum Gasteiger partial charge on any atom is 0.0868 e. The van der Waals surface area contributed by atoms with Crippen molar-refractivity contribution in [3.8, 4) is 0 Å². The fourth-order valence-electron chi connectivity index (χ4n) is 6.84. The smallest absolute Gasteiger partial charge is 0.0868 e. The highest BCUT2D eigenvalue weighted by atomic mass is 16.3. The third kappa shape index (κ3) is 4.39. The highest BCUT2D eigenvalue weighted by Crippen LogP contribution is 2.54. The molecule has 184 valence electrons. The number of aliphatic hydroxyl groups is 3. The van der Waals surface area contributed by atoms with Crippen LogP contribution in [0.15, 0.2) is 54.6 Å². The van der Waals surface area contributed by atoms with Gasteiger partial charge in [0.05, 0.1) is 17.8 Å². The van der Waals surface area contributed by atoms with Gasteiger partial charge in [0, 0.05) is 42.8 Å². The quantitative estimate of drug-likeness (QED) is 0.637. The average Bonchev–Trinajstić information content (AvgIpc) is 3.06. The summed E-state index contributed by atoms with van der Waals surface area (Å²) >= 11 is 0. The number of aryl methyl sites for hydroxylation is 1. The van der Waals surface area contributed by atoms with E-state index in [1.54, 1.807) is 0 Å². The van der Waals surface area contributed by atoms with E-state index < -0.39 is 23.2 Å². The number of rotatable bonds is 4. The number of likely N-dealkylation sites (tertiary alicyclic amines) is 1. The zero-order valence-corrected chi connectivity index (χ0v) is 20.6. The van der Waals surface area contributed by atoms with Crippen LogP contribution in [-0.2, 0) is 0 Å². The van der Waals surface area contributed by atoms with E-state index in [0.717, 1.165) is 45.2 Å². The van der Waals surface area contributed by atoms with Crippen LogP contribution < -0.4 is 4.90 Å². The van der Waals surface area contributed by atoms with E-state index in [4.69, 9.17) is 0 Å². The average molecular weight is 465 g/mol. The SMILES string of the molecule is Cc1ccc(N2CCC(O)(CN3[C@@H](c4ccccc4)C[C@@]4(C)[C@@H](O)[C@H](O)CCC[C@@H]34)CC2)cc1. The third-order valence-electron chi connectivity index (χ3n) is 8.97. The molecule has 3 N–H and O–H groups in total. The molecule has 3 fully saturated rings. The lowest BCUT2D eigenvalue weighted by Crippen LogP contribution is -2.54. The van der Waals surface area contributed by atoms with Crippen molar-refractivity contribution in [3.05, 3.63) is 65.7 Å². The van der Waals surface area contributed by atoms with E-state index >= 15 is 0 Å². The summed E-state index contributed by atoms with van der Waals surface area (Å²) in [4.78, 5) is 4.86. The Morgan fingerprint density at radius 2 is 1.62 bits per heavy atom. The lowest BCUT2D eigenvalue weighted by Gasteiger charge is -2.45. The summed E-state index contributed by atoms with van der Waals surface area (Å²) in [5, 5.41) is 33.6. The monoisotopic (exact) mass is 464 g/mol. The van der Waals surface area contributed by atoms with Gasteiger partial charge in [0.25, 0.3) is 0 Å². The van der Waals surface area contributed by atoms with Crippen LogP contribution in [0.4, 0.5) is 5.69 Å². The third-order valence-corrected chi connectivity index (χ3v) is 8.97. The Bertz CT molecular complexity index is 957. The Morgan fingerprint density at radius 3 is 2.29 bits per heavy atom. The number of β-amino-alcohol motifs (C(OH)–C–C–N with tert-alkyl or cyclic N) is 1. The number of anilines is 1. The van der Waals surface area contributed by atoms with Crippen LogP contribution in [0.1, 0.15) is 62.6 Å². The number of hydrogen-bond acceptors (Lipinski definition) is 5. The van der Waals surface area contributed by atoms with E-state index in [-0.39, 0.29) is 12.1 Å². The number of nitrogens with zero attached hydrogens (tertiary/aromatic N) is 2. The van der Waals surface area contributed by atoms with Gasteiger partial charge in [-0.05, 0) is 63.1 Å². The molecule has 5 heteroatoms. The first-order valence-corrected chi connectivity index (χ1v) is 13.0. The summed E-state index contributed by atoms with van der Waals surface area (Å²) in [5.41, 5.74) is 2.57. The molecule has 1 aliphatic carbocycles. The number of aliphatic hydroxyl groups excluding tert-OH is 2. The zero-order valence-electron chi connectivity index (χ0n) is 20.6. The fraction of sp³-hybridized carbons (Fsp3) is 0.586. The number of fused-ring (bicyclic) bond motifs is 1. The second kappa shape index (κ2) is 9.27. The number of benzene rings is 2. The molecule has 1 saturated carbocycles. The molecule has 0 aromatic heterocycles. The van der Waals surface area contributed by atoms with Crippen molar-refractivity contribution in [1.82, 2.24) is 4.90 Å². The van der Waals surface area contributed by atoms with Crippen molar-refractivity contribution >= 4 is 5.69 Å². The lowest BCUT2D eigenvalue weighted by molar-refractivity contribution is -0.0723. The van der Waals surface area contributed by atoms with Crippen molar-refractivity contribution in [3.63, 3.8) is 0 Å². The lowest BCUT2D eigenvalue weighted by atomic mass is 9.74. The Hall–Kier alpha value is -1.92. The summed E-state index contributed by atoms with van der Waals surface area (Å²) in [7, 11) is 0. The predicted molar refractivity (Wildman–Crippen MR) is 136 cm³/mol. The van der Waals surface area contributed by atoms with Gasteiger partial charge in [0.15, 0.2) is 0 Å². The fourth-order valence-corrected chi connectivity index (χ4v) is 6.84. The minimum atomic E-state index is -0.755. The van der Waals surface area contributed by atoms with Gasteiger partial charge < -0.3 is 20.2 Å². The van der Waals surface area contributed by atoms with Crippen LogP contribution in [0, 0.1) is 12.3 Å². The highest BCUT2D eigenvalue weighted by Gasteiger charge is 2.56. The molecule has 2 aromatic rings. The Kier molecular flexibility index (Phi) is 6.49. The van der Waals surface area contributed by atoms with Gasteiger partial charge in [-0.25, -0.2) is 0 Å². The first-order valence-electron chi connectivity index (χ1n) is 13.0. The molecular weight excluding hydrogens is 424 g/mol. The molecule has 2 heterocycles. The minimum absolute atomic E-state index is 0.135. The molecule has 5 atom stereocenters. The van der Waals surface area contributed by atoms with Gasteiger partial charge in [-0.2, -0.15) is 0 Å². The van der Waals surface area contributed by atoms with Crippen molar-refractivity contribution < 1.29 is 15.3 Å². The van der Waals surface area contributed by atoms with Crippen molar-refractivity contribution in [2.75, 3.05) is 24.5 Å². The van der Waals surface area contributed by atoms with Gasteiger partial charge in [0.1, 0.15) is 0 Å². The van der Waals surface area contributed by atoms with Gasteiger partial charge in [0.2, 0.25) is 0 Å². The molecule has 3 aliphatic rings. The summed E-state index contributed by atoms with van der Waals surface area (Å²) < 4.78 is 0. The maximum atomic E-state index is 11.8. The van der Waals surface area contributed by atoms with Gasteiger partial charge >= 0.3 is 0 Å².